The Bertz CT molecular complexity index is 1180. The van der Waals surface area contributed by atoms with Crippen molar-refractivity contribution in [2.24, 2.45) is 0 Å². The van der Waals surface area contributed by atoms with Gasteiger partial charge >= 0.3 is 0 Å². The number of rotatable bonds is 7. The number of ketones is 2. The highest BCUT2D eigenvalue weighted by Crippen LogP contribution is 2.59. The van der Waals surface area contributed by atoms with Crippen molar-refractivity contribution >= 4 is 23.2 Å². The number of halogens is 1. The summed E-state index contributed by atoms with van der Waals surface area (Å²) in [5, 5.41) is 43.3. The number of aromatic hydroxyl groups is 4. The molecule has 2 aromatic rings. The summed E-state index contributed by atoms with van der Waals surface area (Å²) in [6.07, 6.45) is 1.45. The van der Waals surface area contributed by atoms with Crippen LogP contribution >= 0.6 is 11.6 Å². The minimum atomic E-state index is -0.931. The van der Waals surface area contributed by atoms with Crippen molar-refractivity contribution in [2.45, 2.75) is 65.4 Å². The number of phenols is 4. The molecule has 8 nitrogen and oxygen atoms in total. The SMILES string of the molecule is CCCC(=O)c1c(O)c(-c2c(O)c(Cl)c(O)c3c2OC(CC)(CC)CC3=O)c(O)c(C)c1OC. The average molecular weight is 493 g/mol. The van der Waals surface area contributed by atoms with Crippen molar-refractivity contribution in [1.29, 1.82) is 0 Å². The smallest absolute Gasteiger partial charge is 0.174 e. The van der Waals surface area contributed by atoms with E-state index in [0.29, 0.717) is 19.3 Å². The van der Waals surface area contributed by atoms with Crippen LogP contribution in [0.2, 0.25) is 5.02 Å². The minimum absolute atomic E-state index is 0.0103. The number of fused-ring (bicyclic) bond motifs is 1. The first-order valence-electron chi connectivity index (χ1n) is 11.2. The van der Waals surface area contributed by atoms with E-state index in [-0.39, 0.29) is 52.2 Å². The summed E-state index contributed by atoms with van der Waals surface area (Å²) in [4.78, 5) is 26.0. The van der Waals surface area contributed by atoms with Gasteiger partial charge < -0.3 is 29.9 Å². The molecule has 0 unspecified atom stereocenters. The molecule has 0 atom stereocenters. The highest BCUT2D eigenvalue weighted by atomic mass is 35.5. The van der Waals surface area contributed by atoms with Gasteiger partial charge in [-0.3, -0.25) is 9.59 Å². The number of methoxy groups -OCH3 is 1. The zero-order valence-corrected chi connectivity index (χ0v) is 20.6. The Kier molecular flexibility index (Phi) is 6.94. The normalized spacial score (nSPS) is 14.5. The molecule has 0 saturated heterocycles. The average Bonchev–Trinajstić information content (AvgIpc) is 2.81. The van der Waals surface area contributed by atoms with E-state index in [1.54, 1.807) is 6.92 Å². The Morgan fingerprint density at radius 1 is 1.00 bits per heavy atom. The van der Waals surface area contributed by atoms with Gasteiger partial charge in [0.15, 0.2) is 17.3 Å². The van der Waals surface area contributed by atoms with Crippen LogP contribution in [0.25, 0.3) is 11.1 Å². The first kappa shape index (κ1) is 25.5. The van der Waals surface area contributed by atoms with Crippen LogP contribution < -0.4 is 9.47 Å². The summed E-state index contributed by atoms with van der Waals surface area (Å²) in [5.41, 5.74) is -1.87. The van der Waals surface area contributed by atoms with Gasteiger partial charge in [-0.2, -0.15) is 0 Å². The summed E-state index contributed by atoms with van der Waals surface area (Å²) in [6, 6.07) is 0. The van der Waals surface area contributed by atoms with Crippen LogP contribution in [-0.4, -0.2) is 44.7 Å². The highest BCUT2D eigenvalue weighted by molar-refractivity contribution is 6.35. The largest absolute Gasteiger partial charge is 0.507 e. The number of phenolic OH excluding ortho intramolecular Hbond substituents is 4. The fourth-order valence-electron chi connectivity index (χ4n) is 4.47. The molecule has 1 aliphatic rings. The second-order valence-electron chi connectivity index (χ2n) is 8.46. The summed E-state index contributed by atoms with van der Waals surface area (Å²) in [5.74, 6) is -3.65. The van der Waals surface area contributed by atoms with Crippen molar-refractivity contribution in [1.82, 2.24) is 0 Å². The molecule has 34 heavy (non-hydrogen) atoms. The van der Waals surface area contributed by atoms with Gasteiger partial charge in [-0.05, 0) is 26.2 Å². The minimum Gasteiger partial charge on any atom is -0.507 e. The summed E-state index contributed by atoms with van der Waals surface area (Å²) < 4.78 is 11.5. The first-order chi connectivity index (χ1) is 16.0. The maximum absolute atomic E-state index is 13.1. The maximum Gasteiger partial charge on any atom is 0.174 e. The number of ether oxygens (including phenoxy) is 2. The number of Topliss-reactive ketones (excluding diaryl/α,β-unsaturated/α-hetero) is 2. The molecule has 0 bridgehead atoms. The van der Waals surface area contributed by atoms with E-state index in [1.807, 2.05) is 13.8 Å². The van der Waals surface area contributed by atoms with Crippen molar-refractivity contribution in [3.8, 4) is 45.6 Å². The molecule has 0 radical (unpaired) electrons. The molecule has 0 saturated carbocycles. The highest BCUT2D eigenvalue weighted by Gasteiger charge is 2.44. The first-order valence-corrected chi connectivity index (χ1v) is 11.5. The van der Waals surface area contributed by atoms with Gasteiger partial charge in [0, 0.05) is 12.0 Å². The van der Waals surface area contributed by atoms with Crippen LogP contribution in [0.3, 0.4) is 0 Å². The molecule has 2 aromatic carbocycles. The Hall–Kier alpha value is -3.13. The Morgan fingerprint density at radius 3 is 2.12 bits per heavy atom. The fourth-order valence-corrected chi connectivity index (χ4v) is 4.66. The van der Waals surface area contributed by atoms with Crippen molar-refractivity contribution < 1.29 is 39.5 Å². The molecule has 0 aromatic heterocycles. The van der Waals surface area contributed by atoms with E-state index in [0.717, 1.165) is 0 Å². The van der Waals surface area contributed by atoms with Gasteiger partial charge in [0.05, 0.1) is 24.7 Å². The van der Waals surface area contributed by atoms with Gasteiger partial charge in [-0.1, -0.05) is 32.4 Å². The summed E-state index contributed by atoms with van der Waals surface area (Å²) >= 11 is 6.17. The van der Waals surface area contributed by atoms with E-state index >= 15 is 0 Å². The van der Waals surface area contributed by atoms with Crippen LogP contribution in [0.1, 0.15) is 79.2 Å². The van der Waals surface area contributed by atoms with Crippen molar-refractivity contribution in [2.75, 3.05) is 7.11 Å². The lowest BCUT2D eigenvalue weighted by atomic mass is 9.83. The van der Waals surface area contributed by atoms with Gasteiger partial charge in [0.25, 0.3) is 0 Å². The predicted octanol–water partition coefficient (Wildman–Crippen LogP) is 5.65. The number of benzene rings is 2. The molecule has 0 spiro atoms. The molecule has 1 aliphatic heterocycles. The van der Waals surface area contributed by atoms with E-state index in [1.165, 1.54) is 14.0 Å². The number of hydrogen-bond donors (Lipinski definition) is 4. The Balaban J connectivity index is 2.51. The Morgan fingerprint density at radius 2 is 1.59 bits per heavy atom. The molecule has 3 rings (SSSR count). The standard InChI is InChI=1S/C25H29ClO8/c1-6-9-12(27)14-20(30)16(19(29)11(4)23(14)33-5)17-22(32)18(26)21(31)15-13(28)10-25(7-2,8-3)34-24(15)17/h29-32H,6-10H2,1-5H3. The Labute approximate surface area is 202 Å². The van der Waals surface area contributed by atoms with E-state index in [4.69, 9.17) is 21.1 Å². The topological polar surface area (TPSA) is 134 Å². The molecule has 0 aliphatic carbocycles. The van der Waals surface area contributed by atoms with Crippen LogP contribution in [0.4, 0.5) is 0 Å². The second-order valence-corrected chi connectivity index (χ2v) is 8.84. The van der Waals surface area contributed by atoms with Gasteiger partial charge in [-0.25, -0.2) is 0 Å². The summed E-state index contributed by atoms with van der Waals surface area (Å²) in [6.45, 7) is 6.96. The van der Waals surface area contributed by atoms with Gasteiger partial charge in [-0.15, -0.1) is 0 Å². The molecule has 1 heterocycles. The lowest BCUT2D eigenvalue weighted by Crippen LogP contribution is -2.41. The number of hydrogen-bond acceptors (Lipinski definition) is 8. The zero-order valence-electron chi connectivity index (χ0n) is 19.8. The number of carbonyl (C=O) groups excluding carboxylic acids is 2. The molecule has 4 N–H and O–H groups in total. The lowest BCUT2D eigenvalue weighted by molar-refractivity contribution is 0.0347. The lowest BCUT2D eigenvalue weighted by Gasteiger charge is -2.38. The quantitative estimate of drug-likeness (QED) is 0.364. The molecule has 0 fully saturated rings. The maximum atomic E-state index is 13.1. The third-order valence-corrected chi connectivity index (χ3v) is 6.91. The molecule has 184 valence electrons. The predicted molar refractivity (Wildman–Crippen MR) is 127 cm³/mol. The van der Waals surface area contributed by atoms with E-state index < -0.39 is 45.2 Å². The molecular formula is C25H29ClO8. The van der Waals surface area contributed by atoms with Crippen LogP contribution in [0, 0.1) is 6.92 Å². The van der Waals surface area contributed by atoms with Crippen LogP contribution in [0.15, 0.2) is 0 Å². The molecule has 0 amide bonds. The van der Waals surface area contributed by atoms with Crippen molar-refractivity contribution in [3.05, 3.63) is 21.7 Å². The van der Waals surface area contributed by atoms with Crippen molar-refractivity contribution in [3.63, 3.8) is 0 Å². The second kappa shape index (κ2) is 9.25. The van der Waals surface area contributed by atoms with E-state index in [9.17, 15) is 30.0 Å². The fraction of sp³-hybridized carbons (Fsp3) is 0.440. The van der Waals surface area contributed by atoms with Crippen LogP contribution in [0.5, 0.6) is 34.5 Å². The van der Waals surface area contributed by atoms with E-state index in [2.05, 4.69) is 0 Å². The summed E-state index contributed by atoms with van der Waals surface area (Å²) in [7, 11) is 1.30. The number of carbonyl (C=O) groups is 2. The third-order valence-electron chi connectivity index (χ3n) is 6.56. The third kappa shape index (κ3) is 3.70. The van der Waals surface area contributed by atoms with Gasteiger partial charge in [0.1, 0.15) is 50.5 Å². The molecular weight excluding hydrogens is 464 g/mol. The zero-order chi connectivity index (χ0) is 25.5. The van der Waals surface area contributed by atoms with Crippen LogP contribution in [-0.2, 0) is 0 Å². The van der Waals surface area contributed by atoms with Gasteiger partial charge in [0.2, 0.25) is 0 Å². The monoisotopic (exact) mass is 492 g/mol. The molecule has 9 heteroatoms.